The summed E-state index contributed by atoms with van der Waals surface area (Å²) in [5.41, 5.74) is 1.93. The van der Waals surface area contributed by atoms with E-state index in [1.807, 2.05) is 6.07 Å². The summed E-state index contributed by atoms with van der Waals surface area (Å²) in [6, 6.07) is 3.45. The molecule has 0 aliphatic heterocycles. The van der Waals surface area contributed by atoms with Crippen LogP contribution in [-0.2, 0) is 12.8 Å². The van der Waals surface area contributed by atoms with Gasteiger partial charge in [0.05, 0.1) is 12.7 Å². The largest absolute Gasteiger partial charge is 0.496 e. The van der Waals surface area contributed by atoms with Crippen molar-refractivity contribution >= 4 is 12.2 Å². The molecular weight excluding hydrogens is 258 g/mol. The van der Waals surface area contributed by atoms with Crippen LogP contribution in [0.2, 0.25) is 0 Å². The minimum absolute atomic E-state index is 0.244. The zero-order chi connectivity index (χ0) is 15.0. The molecule has 0 fully saturated rings. The molecular formula is C15H21NO4. The Kier molecular flexibility index (Phi) is 6.56. The average Bonchev–Trinajstić information content (AvgIpc) is 2.44. The van der Waals surface area contributed by atoms with Crippen molar-refractivity contribution in [3.05, 3.63) is 28.8 Å². The number of benzene rings is 1. The van der Waals surface area contributed by atoms with E-state index in [4.69, 9.17) is 9.94 Å². The Morgan fingerprint density at radius 2 is 2.15 bits per heavy atom. The molecule has 20 heavy (non-hydrogen) atoms. The van der Waals surface area contributed by atoms with Crippen LogP contribution in [0.25, 0.3) is 0 Å². The highest BCUT2D eigenvalue weighted by atomic mass is 16.5. The third-order valence-corrected chi connectivity index (χ3v) is 3.18. The minimum atomic E-state index is -0.971. The summed E-state index contributed by atoms with van der Waals surface area (Å²) in [6.45, 7) is 2.11. The Labute approximate surface area is 118 Å². The smallest absolute Gasteiger partial charge is 0.336 e. The molecule has 5 heteroatoms. The van der Waals surface area contributed by atoms with Gasteiger partial charge in [-0.15, -0.1) is 5.16 Å². The standard InChI is InChI=1S/C15H21NO4/c1-3-4-6-11-8-9-13(15(17)18)12(14(11)20-2)7-5-10-16-19/h8-10,19H,3-7H2,1-2H3,(H,17,18). The molecule has 2 N–H and O–H groups in total. The summed E-state index contributed by atoms with van der Waals surface area (Å²) < 4.78 is 5.42. The van der Waals surface area contributed by atoms with Gasteiger partial charge in [-0.2, -0.15) is 0 Å². The number of hydrogen-bond donors (Lipinski definition) is 2. The molecule has 0 bridgehead atoms. The molecule has 1 rings (SSSR count). The van der Waals surface area contributed by atoms with Crippen LogP contribution in [-0.4, -0.2) is 29.6 Å². The van der Waals surface area contributed by atoms with Crippen LogP contribution in [0, 0.1) is 0 Å². The lowest BCUT2D eigenvalue weighted by Gasteiger charge is -2.15. The van der Waals surface area contributed by atoms with E-state index < -0.39 is 5.97 Å². The molecule has 0 atom stereocenters. The summed E-state index contributed by atoms with van der Waals surface area (Å²) in [5, 5.41) is 20.7. The van der Waals surface area contributed by atoms with E-state index in [0.717, 1.165) is 24.8 Å². The zero-order valence-electron chi connectivity index (χ0n) is 11.9. The lowest BCUT2D eigenvalue weighted by Crippen LogP contribution is -2.07. The van der Waals surface area contributed by atoms with Gasteiger partial charge in [0.2, 0.25) is 0 Å². The third kappa shape index (κ3) is 3.98. The number of carbonyl (C=O) groups is 1. The van der Waals surface area contributed by atoms with Crippen LogP contribution >= 0.6 is 0 Å². The lowest BCUT2D eigenvalue weighted by molar-refractivity contribution is 0.0695. The van der Waals surface area contributed by atoms with E-state index >= 15 is 0 Å². The van der Waals surface area contributed by atoms with Gasteiger partial charge >= 0.3 is 5.97 Å². The second-order valence-electron chi connectivity index (χ2n) is 4.53. The summed E-state index contributed by atoms with van der Waals surface area (Å²) in [5.74, 6) is -0.328. The van der Waals surface area contributed by atoms with Crippen LogP contribution in [0.3, 0.4) is 0 Å². The number of carboxylic acids is 1. The molecule has 0 amide bonds. The van der Waals surface area contributed by atoms with Crippen LogP contribution in [0.4, 0.5) is 0 Å². The molecule has 0 saturated heterocycles. The predicted octanol–water partition coefficient (Wildman–Crippen LogP) is 3.13. The fourth-order valence-electron chi connectivity index (χ4n) is 2.21. The third-order valence-electron chi connectivity index (χ3n) is 3.18. The molecule has 110 valence electrons. The highest BCUT2D eigenvalue weighted by molar-refractivity contribution is 5.90. The van der Waals surface area contributed by atoms with Gasteiger partial charge in [0, 0.05) is 11.8 Å². The normalized spacial score (nSPS) is 10.9. The fourth-order valence-corrected chi connectivity index (χ4v) is 2.21. The maximum atomic E-state index is 11.3. The number of aryl methyl sites for hydroxylation is 1. The summed E-state index contributed by atoms with van der Waals surface area (Å²) in [7, 11) is 1.56. The first kappa shape index (κ1) is 16.0. The van der Waals surface area contributed by atoms with Crippen LogP contribution in [0.5, 0.6) is 5.75 Å². The first-order chi connectivity index (χ1) is 9.65. The molecule has 0 aliphatic carbocycles. The van der Waals surface area contributed by atoms with E-state index in [9.17, 15) is 9.90 Å². The van der Waals surface area contributed by atoms with Gasteiger partial charge in [0.1, 0.15) is 5.75 Å². The molecule has 0 aliphatic rings. The number of oxime groups is 1. The van der Waals surface area contributed by atoms with E-state index in [-0.39, 0.29) is 5.56 Å². The number of rotatable bonds is 8. The van der Waals surface area contributed by atoms with Crippen LogP contribution in [0.15, 0.2) is 17.3 Å². The summed E-state index contributed by atoms with van der Waals surface area (Å²) in [6.07, 6.45) is 5.24. The summed E-state index contributed by atoms with van der Waals surface area (Å²) in [4.78, 5) is 11.3. The maximum Gasteiger partial charge on any atom is 0.336 e. The quantitative estimate of drug-likeness (QED) is 0.435. The van der Waals surface area contributed by atoms with Crippen molar-refractivity contribution in [1.29, 1.82) is 0 Å². The Hall–Kier alpha value is -2.04. The molecule has 0 aromatic heterocycles. The van der Waals surface area contributed by atoms with E-state index in [1.54, 1.807) is 13.2 Å². The van der Waals surface area contributed by atoms with Gasteiger partial charge in [0.25, 0.3) is 0 Å². The van der Waals surface area contributed by atoms with Crippen molar-refractivity contribution in [3.63, 3.8) is 0 Å². The number of aromatic carboxylic acids is 1. The second kappa shape index (κ2) is 8.19. The average molecular weight is 279 g/mol. The van der Waals surface area contributed by atoms with Crippen molar-refractivity contribution in [3.8, 4) is 5.75 Å². The first-order valence-electron chi connectivity index (χ1n) is 6.73. The van der Waals surface area contributed by atoms with E-state index in [2.05, 4.69) is 12.1 Å². The SMILES string of the molecule is CCCCc1ccc(C(=O)O)c(CCC=NO)c1OC. The Morgan fingerprint density at radius 1 is 1.40 bits per heavy atom. The van der Waals surface area contributed by atoms with Crippen molar-refractivity contribution in [1.82, 2.24) is 0 Å². The van der Waals surface area contributed by atoms with Gasteiger partial charge < -0.3 is 15.1 Å². The lowest BCUT2D eigenvalue weighted by atomic mass is 9.96. The number of hydrogen-bond acceptors (Lipinski definition) is 4. The minimum Gasteiger partial charge on any atom is -0.496 e. The molecule has 1 aromatic rings. The van der Waals surface area contributed by atoms with Crippen molar-refractivity contribution in [2.75, 3.05) is 7.11 Å². The highest BCUT2D eigenvalue weighted by Gasteiger charge is 2.17. The zero-order valence-corrected chi connectivity index (χ0v) is 11.9. The predicted molar refractivity (Wildman–Crippen MR) is 77.2 cm³/mol. The van der Waals surface area contributed by atoms with Gasteiger partial charge in [-0.3, -0.25) is 0 Å². The molecule has 1 aromatic carbocycles. The highest BCUT2D eigenvalue weighted by Crippen LogP contribution is 2.30. The Bertz CT molecular complexity index is 483. The maximum absolute atomic E-state index is 11.3. The van der Waals surface area contributed by atoms with Crippen LogP contribution < -0.4 is 4.74 Å². The molecule has 0 heterocycles. The van der Waals surface area contributed by atoms with Crippen LogP contribution in [0.1, 0.15) is 47.7 Å². The van der Waals surface area contributed by atoms with E-state index in [0.29, 0.717) is 24.2 Å². The number of nitrogens with zero attached hydrogens (tertiary/aromatic N) is 1. The molecule has 0 spiro atoms. The fraction of sp³-hybridized carbons (Fsp3) is 0.467. The topological polar surface area (TPSA) is 79.1 Å². The van der Waals surface area contributed by atoms with Crippen molar-refractivity contribution in [2.24, 2.45) is 5.16 Å². The van der Waals surface area contributed by atoms with Gasteiger partial charge in [-0.05, 0) is 37.3 Å². The monoisotopic (exact) mass is 279 g/mol. The van der Waals surface area contributed by atoms with Crippen molar-refractivity contribution in [2.45, 2.75) is 39.0 Å². The number of methoxy groups -OCH3 is 1. The summed E-state index contributed by atoms with van der Waals surface area (Å²) >= 11 is 0. The Balaban J connectivity index is 3.18. The van der Waals surface area contributed by atoms with Gasteiger partial charge in [-0.25, -0.2) is 4.79 Å². The van der Waals surface area contributed by atoms with Gasteiger partial charge in [0.15, 0.2) is 0 Å². The number of unbranched alkanes of at least 4 members (excludes halogenated alkanes) is 1. The molecule has 5 nitrogen and oxygen atoms in total. The molecule has 0 unspecified atom stereocenters. The van der Waals surface area contributed by atoms with Gasteiger partial charge in [-0.1, -0.05) is 19.4 Å². The number of carboxylic acid groups (broad SMARTS) is 1. The molecule has 0 radical (unpaired) electrons. The first-order valence-corrected chi connectivity index (χ1v) is 6.73. The van der Waals surface area contributed by atoms with E-state index in [1.165, 1.54) is 6.21 Å². The molecule has 0 saturated carbocycles. The second-order valence-corrected chi connectivity index (χ2v) is 4.53. The van der Waals surface area contributed by atoms with Crippen molar-refractivity contribution < 1.29 is 19.8 Å². The number of ether oxygens (including phenoxy) is 1. The Morgan fingerprint density at radius 3 is 2.70 bits per heavy atom.